The van der Waals surface area contributed by atoms with Crippen molar-refractivity contribution >= 4 is 5.91 Å². The van der Waals surface area contributed by atoms with Crippen molar-refractivity contribution < 1.29 is 9.18 Å². The van der Waals surface area contributed by atoms with Gasteiger partial charge in [0.05, 0.1) is 0 Å². The third-order valence-corrected chi connectivity index (χ3v) is 3.51. The lowest BCUT2D eigenvalue weighted by Crippen LogP contribution is -2.45. The van der Waals surface area contributed by atoms with Crippen LogP contribution in [0.2, 0.25) is 0 Å². The first-order valence-corrected chi connectivity index (χ1v) is 5.42. The van der Waals surface area contributed by atoms with E-state index in [-0.39, 0.29) is 5.92 Å². The maximum absolute atomic E-state index is 13.6. The zero-order valence-electron chi connectivity index (χ0n) is 9.08. The Kier molecular flexibility index (Phi) is 2.68. The first-order chi connectivity index (χ1) is 7.02. The molecule has 5 heteroatoms. The van der Waals surface area contributed by atoms with E-state index < -0.39 is 11.6 Å². The first kappa shape index (κ1) is 10.8. The molecule has 1 saturated heterocycles. The van der Waals surface area contributed by atoms with Gasteiger partial charge in [0.1, 0.15) is 0 Å². The summed E-state index contributed by atoms with van der Waals surface area (Å²) < 4.78 is 13.6. The molecule has 1 heterocycles. The Hall–Kier alpha value is -0.680. The topological polar surface area (TPSA) is 49.6 Å². The molecule has 0 spiro atoms. The summed E-state index contributed by atoms with van der Waals surface area (Å²) in [6.45, 7) is 4.63. The number of primary amides is 1. The molecule has 1 unspecified atom stereocenters. The zero-order chi connectivity index (χ0) is 11.1. The summed E-state index contributed by atoms with van der Waals surface area (Å²) in [6.07, 6.45) is 0.314. The lowest BCUT2D eigenvalue weighted by atomic mass is 10.2. The normalized spacial score (nSPS) is 37.9. The molecule has 4 nitrogen and oxygen atoms in total. The number of carbonyl (C=O) groups excluding carboxylic acids is 1. The molecule has 2 atom stereocenters. The molecule has 1 saturated carbocycles. The molecule has 2 rings (SSSR count). The van der Waals surface area contributed by atoms with Crippen LogP contribution in [0.1, 0.15) is 6.42 Å². The van der Waals surface area contributed by atoms with Gasteiger partial charge >= 0.3 is 0 Å². The van der Waals surface area contributed by atoms with E-state index in [1.54, 1.807) is 0 Å². The summed E-state index contributed by atoms with van der Waals surface area (Å²) >= 11 is 0. The molecule has 1 amide bonds. The molecule has 0 aromatic rings. The van der Waals surface area contributed by atoms with Gasteiger partial charge in [0, 0.05) is 38.6 Å². The Morgan fingerprint density at radius 3 is 2.53 bits per heavy atom. The Labute approximate surface area is 89.2 Å². The average Bonchev–Trinajstić information content (AvgIpc) is 2.83. The van der Waals surface area contributed by atoms with Crippen molar-refractivity contribution in [3.8, 4) is 0 Å². The van der Waals surface area contributed by atoms with E-state index in [0.717, 1.165) is 26.2 Å². The second-order valence-electron chi connectivity index (χ2n) is 4.73. The molecule has 1 aliphatic heterocycles. The van der Waals surface area contributed by atoms with Crippen molar-refractivity contribution in [1.82, 2.24) is 9.80 Å². The van der Waals surface area contributed by atoms with Crippen LogP contribution in [0, 0.1) is 5.92 Å². The molecule has 2 fully saturated rings. The number of rotatable bonds is 3. The summed E-state index contributed by atoms with van der Waals surface area (Å²) in [6, 6.07) is 0. The molecule has 2 N–H and O–H groups in total. The summed E-state index contributed by atoms with van der Waals surface area (Å²) in [5, 5.41) is 0. The number of nitrogens with zero attached hydrogens (tertiary/aromatic N) is 2. The number of halogens is 1. The molecule has 0 bridgehead atoms. The molecule has 0 aromatic carbocycles. The largest absolute Gasteiger partial charge is 0.367 e. The molecule has 0 aromatic heterocycles. The third-order valence-electron chi connectivity index (χ3n) is 3.51. The first-order valence-electron chi connectivity index (χ1n) is 5.42. The fourth-order valence-corrected chi connectivity index (χ4v) is 2.15. The van der Waals surface area contributed by atoms with Gasteiger partial charge in [-0.15, -0.1) is 0 Å². The number of piperazine rings is 1. The molecule has 1 aliphatic carbocycles. The van der Waals surface area contributed by atoms with Gasteiger partial charge in [-0.25, -0.2) is 4.39 Å². The van der Waals surface area contributed by atoms with Gasteiger partial charge in [0.25, 0.3) is 5.91 Å². The van der Waals surface area contributed by atoms with E-state index in [2.05, 4.69) is 16.8 Å². The van der Waals surface area contributed by atoms with Crippen LogP contribution < -0.4 is 5.73 Å². The maximum atomic E-state index is 13.6. The van der Waals surface area contributed by atoms with E-state index in [9.17, 15) is 9.18 Å². The minimum Gasteiger partial charge on any atom is -0.367 e. The molecular formula is C10H18FN3O. The zero-order valence-corrected chi connectivity index (χ0v) is 9.08. The van der Waals surface area contributed by atoms with Gasteiger partial charge in [0.2, 0.25) is 0 Å². The van der Waals surface area contributed by atoms with E-state index in [0.29, 0.717) is 13.0 Å². The number of carbonyl (C=O) groups is 1. The Balaban J connectivity index is 1.78. The van der Waals surface area contributed by atoms with Gasteiger partial charge in [0.15, 0.2) is 5.67 Å². The summed E-state index contributed by atoms with van der Waals surface area (Å²) in [4.78, 5) is 15.3. The predicted molar refractivity (Wildman–Crippen MR) is 55.1 cm³/mol. The van der Waals surface area contributed by atoms with Crippen LogP contribution >= 0.6 is 0 Å². The SMILES string of the molecule is CN1CCN(CC2C[C@@]2(F)C(N)=O)CC1. The third kappa shape index (κ3) is 2.13. The molecular weight excluding hydrogens is 197 g/mol. The molecule has 86 valence electrons. The number of hydrogen-bond acceptors (Lipinski definition) is 3. The standard InChI is InChI=1S/C10H18FN3O/c1-13-2-4-14(5-3-13)7-8-6-10(8,11)9(12)15/h8H,2-7H2,1H3,(H2,12,15)/t8?,10-/m0/s1. The smallest absolute Gasteiger partial charge is 0.255 e. The van der Waals surface area contributed by atoms with Crippen LogP contribution in [0.5, 0.6) is 0 Å². The summed E-state index contributed by atoms with van der Waals surface area (Å²) in [5.41, 5.74) is 3.30. The number of nitrogens with two attached hydrogens (primary N) is 1. The van der Waals surface area contributed by atoms with E-state index in [1.807, 2.05) is 0 Å². The number of hydrogen-bond donors (Lipinski definition) is 1. The van der Waals surface area contributed by atoms with Crippen molar-refractivity contribution in [1.29, 1.82) is 0 Å². The Bertz CT molecular complexity index is 265. The van der Waals surface area contributed by atoms with Gasteiger partial charge in [-0.05, 0) is 13.5 Å². The number of amides is 1. The highest BCUT2D eigenvalue weighted by atomic mass is 19.1. The van der Waals surface area contributed by atoms with Crippen LogP contribution in [-0.2, 0) is 4.79 Å². The van der Waals surface area contributed by atoms with Crippen LogP contribution in [0.3, 0.4) is 0 Å². The van der Waals surface area contributed by atoms with E-state index in [4.69, 9.17) is 5.73 Å². The van der Waals surface area contributed by atoms with Gasteiger partial charge in [-0.1, -0.05) is 0 Å². The quantitative estimate of drug-likeness (QED) is 0.687. The minimum absolute atomic E-state index is 0.168. The van der Waals surface area contributed by atoms with Gasteiger partial charge < -0.3 is 15.5 Å². The van der Waals surface area contributed by atoms with Crippen molar-refractivity contribution in [3.05, 3.63) is 0 Å². The van der Waals surface area contributed by atoms with Crippen LogP contribution in [0.4, 0.5) is 4.39 Å². The monoisotopic (exact) mass is 215 g/mol. The van der Waals surface area contributed by atoms with E-state index >= 15 is 0 Å². The summed E-state index contributed by atoms with van der Waals surface area (Å²) in [7, 11) is 2.08. The average molecular weight is 215 g/mol. The van der Waals surface area contributed by atoms with Gasteiger partial charge in [-0.2, -0.15) is 0 Å². The highest BCUT2D eigenvalue weighted by Gasteiger charge is 2.60. The van der Waals surface area contributed by atoms with Crippen molar-refractivity contribution in [2.24, 2.45) is 11.7 Å². The molecule has 0 radical (unpaired) electrons. The Morgan fingerprint density at radius 1 is 1.47 bits per heavy atom. The predicted octanol–water partition coefficient (Wildman–Crippen LogP) is -0.553. The minimum atomic E-state index is -1.71. The number of alkyl halides is 1. The van der Waals surface area contributed by atoms with Crippen molar-refractivity contribution in [2.75, 3.05) is 39.8 Å². The van der Waals surface area contributed by atoms with Crippen molar-refractivity contribution in [2.45, 2.75) is 12.1 Å². The lowest BCUT2D eigenvalue weighted by Gasteiger charge is -2.32. The second kappa shape index (κ2) is 3.72. The highest BCUT2D eigenvalue weighted by Crippen LogP contribution is 2.47. The lowest BCUT2D eigenvalue weighted by molar-refractivity contribution is -0.124. The maximum Gasteiger partial charge on any atom is 0.255 e. The van der Waals surface area contributed by atoms with Crippen molar-refractivity contribution in [3.63, 3.8) is 0 Å². The second-order valence-corrected chi connectivity index (χ2v) is 4.73. The van der Waals surface area contributed by atoms with Crippen LogP contribution in [-0.4, -0.2) is 61.1 Å². The number of likely N-dealkylation sites (N-methyl/N-ethyl adjacent to an activating group) is 1. The van der Waals surface area contributed by atoms with E-state index in [1.165, 1.54) is 0 Å². The van der Waals surface area contributed by atoms with Crippen LogP contribution in [0.25, 0.3) is 0 Å². The fourth-order valence-electron chi connectivity index (χ4n) is 2.15. The Morgan fingerprint density at radius 2 is 2.07 bits per heavy atom. The van der Waals surface area contributed by atoms with Gasteiger partial charge in [-0.3, -0.25) is 4.79 Å². The highest BCUT2D eigenvalue weighted by molar-refractivity contribution is 5.87. The molecule has 15 heavy (non-hydrogen) atoms. The van der Waals surface area contributed by atoms with Crippen LogP contribution in [0.15, 0.2) is 0 Å². The molecule has 2 aliphatic rings. The fraction of sp³-hybridized carbons (Fsp3) is 0.900. The summed E-state index contributed by atoms with van der Waals surface area (Å²) in [5.74, 6) is -0.958.